The van der Waals surface area contributed by atoms with Gasteiger partial charge in [-0.3, -0.25) is 14.9 Å². The second kappa shape index (κ2) is 11.3. The predicted octanol–water partition coefficient (Wildman–Crippen LogP) is 4.24. The molecule has 22 heavy (non-hydrogen) atoms. The number of unbranched alkanes of at least 4 members (excludes halogenated alkanes) is 7. The highest BCUT2D eigenvalue weighted by Crippen LogP contribution is 2.16. The van der Waals surface area contributed by atoms with Gasteiger partial charge >= 0.3 is 0 Å². The van der Waals surface area contributed by atoms with Gasteiger partial charge in [0.15, 0.2) is 17.8 Å². The fourth-order valence-corrected chi connectivity index (χ4v) is 2.56. The second-order valence-corrected chi connectivity index (χ2v) is 6.08. The fraction of sp³-hybridized carbons (Fsp3) is 0.778. The summed E-state index contributed by atoms with van der Waals surface area (Å²) >= 11 is 0. The molecule has 0 spiro atoms. The van der Waals surface area contributed by atoms with Crippen LogP contribution in [0.1, 0.15) is 84.5 Å². The van der Waals surface area contributed by atoms with Crippen molar-refractivity contribution in [1.29, 1.82) is 0 Å². The van der Waals surface area contributed by atoms with E-state index in [2.05, 4.69) is 19.2 Å². The minimum Gasteiger partial charge on any atom is -0.465 e. The molecule has 4 heteroatoms. The van der Waals surface area contributed by atoms with Crippen molar-refractivity contribution >= 4 is 11.7 Å². The van der Waals surface area contributed by atoms with Gasteiger partial charge in [-0.1, -0.05) is 58.8 Å². The van der Waals surface area contributed by atoms with E-state index in [0.29, 0.717) is 18.7 Å². The summed E-state index contributed by atoms with van der Waals surface area (Å²) in [5.74, 6) is 0.252. The van der Waals surface area contributed by atoms with Crippen LogP contribution >= 0.6 is 0 Å². The van der Waals surface area contributed by atoms with E-state index in [9.17, 15) is 9.59 Å². The van der Waals surface area contributed by atoms with Crippen molar-refractivity contribution in [2.75, 3.05) is 0 Å². The molecule has 0 aromatic heterocycles. The molecular formula is C18H31NO3. The monoisotopic (exact) mass is 309 g/mol. The first-order valence-corrected chi connectivity index (χ1v) is 8.89. The Morgan fingerprint density at radius 1 is 1.05 bits per heavy atom. The largest absolute Gasteiger partial charge is 0.465 e. The van der Waals surface area contributed by atoms with E-state index in [4.69, 9.17) is 4.74 Å². The van der Waals surface area contributed by atoms with Gasteiger partial charge in [0.05, 0.1) is 0 Å². The highest BCUT2D eigenvalue weighted by Gasteiger charge is 2.29. The lowest BCUT2D eigenvalue weighted by Gasteiger charge is -2.05. The maximum atomic E-state index is 11.9. The van der Waals surface area contributed by atoms with Crippen LogP contribution in [0.25, 0.3) is 0 Å². The molecule has 1 amide bonds. The number of amides is 1. The molecule has 4 nitrogen and oxygen atoms in total. The standard InChI is InChI=1S/C18H31NO3/c1-3-5-7-8-9-10-11-12-15(20)14-17-19-18(21)16(22-17)13-6-4-2/h14,16H,3-13H2,1-2H3,(H,19,21)/b17-14+. The molecule has 1 saturated heterocycles. The molecule has 1 rings (SSSR count). The highest BCUT2D eigenvalue weighted by molar-refractivity contribution is 5.92. The molecule has 0 aliphatic carbocycles. The summed E-state index contributed by atoms with van der Waals surface area (Å²) in [5.41, 5.74) is 0. The fourth-order valence-electron chi connectivity index (χ4n) is 2.56. The summed E-state index contributed by atoms with van der Waals surface area (Å²) in [6.07, 6.45) is 12.6. The van der Waals surface area contributed by atoms with Crippen molar-refractivity contribution in [2.24, 2.45) is 0 Å². The van der Waals surface area contributed by atoms with Crippen LogP contribution in [0.2, 0.25) is 0 Å². The lowest BCUT2D eigenvalue weighted by molar-refractivity contribution is -0.123. The van der Waals surface area contributed by atoms with Gasteiger partial charge in [-0.15, -0.1) is 0 Å². The average molecular weight is 309 g/mol. The Kier molecular flexibility index (Phi) is 9.60. The van der Waals surface area contributed by atoms with Crippen molar-refractivity contribution in [1.82, 2.24) is 5.32 Å². The van der Waals surface area contributed by atoms with Crippen molar-refractivity contribution in [3.05, 3.63) is 12.0 Å². The van der Waals surface area contributed by atoms with Crippen LogP contribution in [0.5, 0.6) is 0 Å². The Morgan fingerprint density at radius 3 is 2.36 bits per heavy atom. The zero-order valence-corrected chi connectivity index (χ0v) is 14.2. The number of allylic oxidation sites excluding steroid dienone is 1. The lowest BCUT2D eigenvalue weighted by Crippen LogP contribution is -2.22. The van der Waals surface area contributed by atoms with E-state index in [-0.39, 0.29) is 11.7 Å². The van der Waals surface area contributed by atoms with Gasteiger partial charge in [0.1, 0.15) is 0 Å². The Bertz CT molecular complexity index is 377. The summed E-state index contributed by atoms with van der Waals surface area (Å²) in [5, 5.41) is 2.65. The quantitative estimate of drug-likeness (QED) is 0.433. The predicted molar refractivity (Wildman–Crippen MR) is 88.2 cm³/mol. The summed E-state index contributed by atoms with van der Waals surface area (Å²) in [6.45, 7) is 4.29. The molecule has 0 radical (unpaired) electrons. The van der Waals surface area contributed by atoms with Crippen molar-refractivity contribution in [3.8, 4) is 0 Å². The SMILES string of the molecule is CCCCCCCCCC(=O)/C=C1\NC(=O)C(CCCC)O1. The van der Waals surface area contributed by atoms with Gasteiger partial charge in [0.25, 0.3) is 5.91 Å². The number of ketones is 1. The molecule has 0 aromatic rings. The summed E-state index contributed by atoms with van der Waals surface area (Å²) in [4.78, 5) is 23.5. The normalized spacial score (nSPS) is 19.3. The minimum absolute atomic E-state index is 0.0417. The number of hydrogen-bond acceptors (Lipinski definition) is 3. The maximum absolute atomic E-state index is 11.9. The molecular weight excluding hydrogens is 278 g/mol. The van der Waals surface area contributed by atoms with Crippen LogP contribution in [0.15, 0.2) is 12.0 Å². The number of hydrogen-bond donors (Lipinski definition) is 1. The molecule has 0 bridgehead atoms. The first-order chi connectivity index (χ1) is 10.7. The highest BCUT2D eigenvalue weighted by atomic mass is 16.5. The van der Waals surface area contributed by atoms with Gasteiger partial charge in [0, 0.05) is 12.5 Å². The van der Waals surface area contributed by atoms with E-state index >= 15 is 0 Å². The van der Waals surface area contributed by atoms with Gasteiger partial charge in [0.2, 0.25) is 0 Å². The third-order valence-corrected chi connectivity index (χ3v) is 3.95. The van der Waals surface area contributed by atoms with Crippen LogP contribution < -0.4 is 5.32 Å². The molecule has 1 heterocycles. The van der Waals surface area contributed by atoms with Crippen molar-refractivity contribution in [2.45, 2.75) is 90.6 Å². The van der Waals surface area contributed by atoms with Gasteiger partial charge in [-0.2, -0.15) is 0 Å². The van der Waals surface area contributed by atoms with Gasteiger partial charge in [-0.05, 0) is 19.3 Å². The molecule has 1 fully saturated rings. The topological polar surface area (TPSA) is 55.4 Å². The van der Waals surface area contributed by atoms with Crippen molar-refractivity contribution in [3.63, 3.8) is 0 Å². The van der Waals surface area contributed by atoms with Crippen LogP contribution in [-0.2, 0) is 14.3 Å². The molecule has 1 aliphatic rings. The number of rotatable bonds is 12. The summed E-state index contributed by atoms with van der Waals surface area (Å²) in [6, 6.07) is 0. The summed E-state index contributed by atoms with van der Waals surface area (Å²) in [7, 11) is 0. The number of nitrogens with one attached hydrogen (secondary N) is 1. The lowest BCUT2D eigenvalue weighted by atomic mass is 10.1. The first kappa shape index (κ1) is 18.7. The maximum Gasteiger partial charge on any atom is 0.267 e. The van der Waals surface area contributed by atoms with E-state index in [1.165, 1.54) is 38.2 Å². The van der Waals surface area contributed by atoms with Crippen LogP contribution in [0.4, 0.5) is 0 Å². The summed E-state index contributed by atoms with van der Waals surface area (Å²) < 4.78 is 5.50. The third-order valence-electron chi connectivity index (χ3n) is 3.95. The van der Waals surface area contributed by atoms with E-state index in [1.807, 2.05) is 0 Å². The van der Waals surface area contributed by atoms with E-state index < -0.39 is 6.10 Å². The molecule has 1 aliphatic heterocycles. The Hall–Kier alpha value is -1.32. The number of carbonyl (C=O) groups is 2. The smallest absolute Gasteiger partial charge is 0.267 e. The molecule has 1 N–H and O–H groups in total. The Morgan fingerprint density at radius 2 is 1.68 bits per heavy atom. The molecule has 0 saturated carbocycles. The number of carbonyl (C=O) groups excluding carboxylic acids is 2. The van der Waals surface area contributed by atoms with Crippen LogP contribution in [-0.4, -0.2) is 17.8 Å². The average Bonchev–Trinajstić information content (AvgIpc) is 2.83. The Balaban J connectivity index is 2.17. The Labute approximate surface area is 134 Å². The molecule has 126 valence electrons. The van der Waals surface area contributed by atoms with Crippen LogP contribution in [0.3, 0.4) is 0 Å². The van der Waals surface area contributed by atoms with E-state index in [0.717, 1.165) is 25.7 Å². The van der Waals surface area contributed by atoms with Gasteiger partial charge in [-0.25, -0.2) is 0 Å². The minimum atomic E-state index is -0.419. The van der Waals surface area contributed by atoms with Gasteiger partial charge < -0.3 is 4.74 Å². The number of ether oxygens (including phenoxy) is 1. The molecule has 1 atom stereocenters. The third kappa shape index (κ3) is 7.62. The molecule has 0 aromatic carbocycles. The molecule has 1 unspecified atom stereocenters. The van der Waals surface area contributed by atoms with E-state index in [1.54, 1.807) is 0 Å². The zero-order valence-electron chi connectivity index (χ0n) is 14.2. The second-order valence-electron chi connectivity index (χ2n) is 6.08. The zero-order chi connectivity index (χ0) is 16.2. The van der Waals surface area contributed by atoms with Crippen LogP contribution in [0, 0.1) is 0 Å². The first-order valence-electron chi connectivity index (χ1n) is 8.89. The van der Waals surface area contributed by atoms with Crippen molar-refractivity contribution < 1.29 is 14.3 Å².